The van der Waals surface area contributed by atoms with E-state index in [1.54, 1.807) is 6.92 Å². The van der Waals surface area contributed by atoms with Gasteiger partial charge < -0.3 is 15.4 Å². The lowest BCUT2D eigenvalue weighted by Gasteiger charge is -2.28. The predicted octanol–water partition coefficient (Wildman–Crippen LogP) is 3.84. The van der Waals surface area contributed by atoms with E-state index in [0.29, 0.717) is 19.4 Å². The van der Waals surface area contributed by atoms with E-state index in [-0.39, 0.29) is 24.0 Å². The monoisotopic (exact) mass is 372 g/mol. The normalized spacial score (nSPS) is 24.0. The minimum atomic E-state index is -1.00. The molecule has 1 heterocycles. The van der Waals surface area contributed by atoms with Gasteiger partial charge in [0.15, 0.2) is 5.78 Å². The molecule has 1 amide bonds. The van der Waals surface area contributed by atoms with Gasteiger partial charge in [-0.3, -0.25) is 4.79 Å². The van der Waals surface area contributed by atoms with Gasteiger partial charge >= 0.3 is 6.09 Å². The van der Waals surface area contributed by atoms with Crippen molar-refractivity contribution in [1.29, 1.82) is 0 Å². The standard InChI is InChI=1S/C22H32N2O3/c1-22(23,20(25)14-17-10-6-5-7-11-17)15-19-16-24(21(26)27-19)18-12-8-3-2-4-9-13-18/h5-7,10-11,18-19H,2-4,8-9,12-16,23H2,1H3/t19-,22?/m0/s1. The van der Waals surface area contributed by atoms with E-state index in [0.717, 1.165) is 18.4 Å². The lowest BCUT2D eigenvalue weighted by molar-refractivity contribution is -0.123. The molecule has 5 nitrogen and oxygen atoms in total. The van der Waals surface area contributed by atoms with Gasteiger partial charge in [0.2, 0.25) is 0 Å². The number of benzene rings is 1. The molecule has 2 aliphatic rings. The van der Waals surface area contributed by atoms with Gasteiger partial charge in [0.1, 0.15) is 6.10 Å². The number of nitrogens with two attached hydrogens (primary N) is 1. The zero-order valence-electron chi connectivity index (χ0n) is 16.4. The van der Waals surface area contributed by atoms with Gasteiger partial charge in [0.05, 0.1) is 12.1 Å². The fourth-order valence-electron chi connectivity index (χ4n) is 4.26. The third-order valence-electron chi connectivity index (χ3n) is 5.91. The molecule has 2 N–H and O–H groups in total. The van der Waals surface area contributed by atoms with Crippen LogP contribution in [0.3, 0.4) is 0 Å². The molecule has 1 aromatic carbocycles. The van der Waals surface area contributed by atoms with Crippen molar-refractivity contribution in [3.05, 3.63) is 35.9 Å². The molecule has 3 rings (SSSR count). The highest BCUT2D eigenvalue weighted by Crippen LogP contribution is 2.28. The SMILES string of the molecule is CC(N)(C[C@H]1CN(C2CCCCCCC2)C(=O)O1)C(=O)Cc1ccccc1. The number of carbonyl (C=O) groups excluding carboxylic acids is 2. The molecular weight excluding hydrogens is 340 g/mol. The molecule has 1 saturated carbocycles. The van der Waals surface area contributed by atoms with Crippen LogP contribution in [0.5, 0.6) is 0 Å². The van der Waals surface area contributed by atoms with Crippen molar-refractivity contribution in [1.82, 2.24) is 4.90 Å². The highest BCUT2D eigenvalue weighted by Gasteiger charge is 2.40. The number of ketones is 1. The molecule has 1 saturated heterocycles. The average Bonchev–Trinajstić information content (AvgIpc) is 2.95. The minimum absolute atomic E-state index is 0.0193. The summed E-state index contributed by atoms with van der Waals surface area (Å²) in [6, 6.07) is 9.90. The van der Waals surface area contributed by atoms with Gasteiger partial charge in [-0.25, -0.2) is 4.79 Å². The number of carbonyl (C=O) groups is 2. The third-order valence-corrected chi connectivity index (χ3v) is 5.91. The van der Waals surface area contributed by atoms with Crippen molar-refractivity contribution < 1.29 is 14.3 Å². The molecule has 0 radical (unpaired) electrons. The second-order valence-electron chi connectivity index (χ2n) is 8.36. The summed E-state index contributed by atoms with van der Waals surface area (Å²) in [7, 11) is 0. The first kappa shape index (κ1) is 19.9. The topological polar surface area (TPSA) is 72.6 Å². The fourth-order valence-corrected chi connectivity index (χ4v) is 4.26. The zero-order valence-corrected chi connectivity index (χ0v) is 16.4. The first-order valence-corrected chi connectivity index (χ1v) is 10.3. The van der Waals surface area contributed by atoms with Crippen LogP contribution >= 0.6 is 0 Å². The third kappa shape index (κ3) is 5.32. The van der Waals surface area contributed by atoms with E-state index in [1.165, 1.54) is 32.1 Å². The predicted molar refractivity (Wildman–Crippen MR) is 105 cm³/mol. The lowest BCUT2D eigenvalue weighted by atomic mass is 9.87. The Hall–Kier alpha value is -1.88. The fraction of sp³-hybridized carbons (Fsp3) is 0.636. The molecule has 2 atom stereocenters. The minimum Gasteiger partial charge on any atom is -0.444 e. The van der Waals surface area contributed by atoms with Crippen molar-refractivity contribution in [2.24, 2.45) is 5.73 Å². The van der Waals surface area contributed by atoms with Gasteiger partial charge in [-0.15, -0.1) is 0 Å². The van der Waals surface area contributed by atoms with Gasteiger partial charge in [0, 0.05) is 18.9 Å². The van der Waals surface area contributed by atoms with Crippen LogP contribution in [0.25, 0.3) is 0 Å². The number of Topliss-reactive ketones (excluding diaryl/α,β-unsaturated/α-hetero) is 1. The van der Waals surface area contributed by atoms with Crippen molar-refractivity contribution in [3.63, 3.8) is 0 Å². The summed E-state index contributed by atoms with van der Waals surface area (Å²) in [5.74, 6) is -0.0193. The van der Waals surface area contributed by atoms with Crippen molar-refractivity contribution in [2.45, 2.75) is 82.4 Å². The van der Waals surface area contributed by atoms with E-state index in [4.69, 9.17) is 10.5 Å². The first-order valence-electron chi connectivity index (χ1n) is 10.3. The molecular formula is C22H32N2O3. The van der Waals surface area contributed by atoms with Crippen LogP contribution in [0.4, 0.5) is 4.79 Å². The van der Waals surface area contributed by atoms with Crippen LogP contribution in [0, 0.1) is 0 Å². The van der Waals surface area contributed by atoms with E-state index in [9.17, 15) is 9.59 Å². The smallest absolute Gasteiger partial charge is 0.410 e. The summed E-state index contributed by atoms with van der Waals surface area (Å²) >= 11 is 0. The van der Waals surface area contributed by atoms with Crippen LogP contribution in [-0.4, -0.2) is 41.0 Å². The molecule has 0 bridgehead atoms. The largest absolute Gasteiger partial charge is 0.444 e. The number of hydrogen-bond acceptors (Lipinski definition) is 4. The molecule has 1 unspecified atom stereocenters. The van der Waals surface area contributed by atoms with Crippen molar-refractivity contribution in [3.8, 4) is 0 Å². The van der Waals surface area contributed by atoms with Gasteiger partial charge in [-0.2, -0.15) is 0 Å². The maximum Gasteiger partial charge on any atom is 0.410 e. The highest BCUT2D eigenvalue weighted by molar-refractivity contribution is 5.89. The molecule has 0 aromatic heterocycles. The Bertz CT molecular complexity index is 636. The van der Waals surface area contributed by atoms with E-state index < -0.39 is 5.54 Å². The second-order valence-corrected chi connectivity index (χ2v) is 8.36. The van der Waals surface area contributed by atoms with E-state index in [2.05, 4.69) is 0 Å². The Morgan fingerprint density at radius 3 is 2.44 bits per heavy atom. The molecule has 1 aliphatic carbocycles. The highest BCUT2D eigenvalue weighted by atomic mass is 16.6. The number of nitrogens with zero attached hydrogens (tertiary/aromatic N) is 1. The van der Waals surface area contributed by atoms with Crippen molar-refractivity contribution >= 4 is 11.9 Å². The summed E-state index contributed by atoms with van der Waals surface area (Å²) in [6.45, 7) is 2.31. The average molecular weight is 373 g/mol. The summed E-state index contributed by atoms with van der Waals surface area (Å²) in [5, 5.41) is 0. The Kier molecular flexibility index (Phi) is 6.53. The first-order chi connectivity index (χ1) is 13.0. The van der Waals surface area contributed by atoms with Gasteiger partial charge in [-0.1, -0.05) is 62.4 Å². The Morgan fingerprint density at radius 1 is 1.15 bits per heavy atom. The van der Waals surface area contributed by atoms with Crippen LogP contribution in [-0.2, 0) is 16.0 Å². The summed E-state index contributed by atoms with van der Waals surface area (Å²) in [6.07, 6.45) is 8.36. The second kappa shape index (κ2) is 8.87. The summed E-state index contributed by atoms with van der Waals surface area (Å²) in [5.41, 5.74) is 6.30. The molecule has 5 heteroatoms. The molecule has 1 aromatic rings. The Morgan fingerprint density at radius 2 is 1.78 bits per heavy atom. The molecule has 2 fully saturated rings. The Balaban J connectivity index is 1.56. The van der Waals surface area contributed by atoms with Crippen LogP contribution < -0.4 is 5.73 Å². The maximum atomic E-state index is 12.7. The number of rotatable bonds is 6. The van der Waals surface area contributed by atoms with Crippen LogP contribution in [0.1, 0.15) is 63.9 Å². The summed E-state index contributed by atoms with van der Waals surface area (Å²) in [4.78, 5) is 27.0. The molecule has 0 spiro atoms. The summed E-state index contributed by atoms with van der Waals surface area (Å²) < 4.78 is 5.59. The molecule has 27 heavy (non-hydrogen) atoms. The molecule has 1 aliphatic heterocycles. The number of cyclic esters (lactones) is 1. The molecule has 148 valence electrons. The number of amides is 1. The number of hydrogen-bond donors (Lipinski definition) is 1. The van der Waals surface area contributed by atoms with Gasteiger partial charge in [0.25, 0.3) is 0 Å². The van der Waals surface area contributed by atoms with Gasteiger partial charge in [-0.05, 0) is 25.3 Å². The van der Waals surface area contributed by atoms with E-state index in [1.807, 2.05) is 35.2 Å². The maximum absolute atomic E-state index is 12.7. The number of ether oxygens (including phenoxy) is 1. The van der Waals surface area contributed by atoms with Crippen LogP contribution in [0.2, 0.25) is 0 Å². The quantitative estimate of drug-likeness (QED) is 0.823. The lowest BCUT2D eigenvalue weighted by Crippen LogP contribution is -2.49. The van der Waals surface area contributed by atoms with Crippen LogP contribution in [0.15, 0.2) is 30.3 Å². The Labute approximate surface area is 162 Å². The zero-order chi connectivity index (χ0) is 19.3. The van der Waals surface area contributed by atoms with Crippen molar-refractivity contribution in [2.75, 3.05) is 6.54 Å². The van der Waals surface area contributed by atoms with E-state index >= 15 is 0 Å².